The highest BCUT2D eigenvalue weighted by Gasteiger charge is 2.21. The van der Waals surface area contributed by atoms with E-state index in [1.165, 1.54) is 0 Å². The average Bonchev–Trinajstić information content (AvgIpc) is 2.68. The zero-order valence-electron chi connectivity index (χ0n) is 18.0. The van der Waals surface area contributed by atoms with Crippen molar-refractivity contribution in [3.05, 3.63) is 60.2 Å². The first-order chi connectivity index (χ1) is 14.1. The molecule has 0 radical (unpaired) electrons. The van der Waals surface area contributed by atoms with Crippen LogP contribution in [0.1, 0.15) is 32.8 Å². The molecule has 2 aromatic carbocycles. The normalized spacial score (nSPS) is 10.8. The highest BCUT2D eigenvalue weighted by atomic mass is 16.2. The standard InChI is InChI=1S/C23H30N4O3/c1-23(2,3)21(29)26-19-12-8-11-18(15-19)25-20(28)13-14-24-22(30)27(4)16-17-9-6-5-7-10-17/h5-12,15H,13-14,16H2,1-4H3,(H,24,30)(H,25,28)(H,26,29). The lowest BCUT2D eigenvalue weighted by molar-refractivity contribution is -0.123. The third kappa shape index (κ3) is 7.58. The van der Waals surface area contributed by atoms with Crippen molar-refractivity contribution in [3.63, 3.8) is 0 Å². The Hall–Kier alpha value is -3.35. The molecule has 0 saturated heterocycles. The van der Waals surface area contributed by atoms with Crippen LogP contribution in [-0.4, -0.2) is 36.3 Å². The van der Waals surface area contributed by atoms with E-state index in [0.717, 1.165) is 5.56 Å². The van der Waals surface area contributed by atoms with Crippen molar-refractivity contribution in [2.24, 2.45) is 5.41 Å². The van der Waals surface area contributed by atoms with Crippen LogP contribution in [0.3, 0.4) is 0 Å². The van der Waals surface area contributed by atoms with Gasteiger partial charge in [0, 0.05) is 43.3 Å². The predicted octanol–water partition coefficient (Wildman–Crippen LogP) is 3.84. The van der Waals surface area contributed by atoms with Gasteiger partial charge in [-0.2, -0.15) is 0 Å². The van der Waals surface area contributed by atoms with Crippen LogP contribution in [0, 0.1) is 5.41 Å². The van der Waals surface area contributed by atoms with Crippen molar-refractivity contribution in [3.8, 4) is 0 Å². The van der Waals surface area contributed by atoms with E-state index in [-0.39, 0.29) is 30.8 Å². The minimum Gasteiger partial charge on any atom is -0.337 e. The Morgan fingerprint density at radius 1 is 0.900 bits per heavy atom. The van der Waals surface area contributed by atoms with Gasteiger partial charge in [-0.15, -0.1) is 0 Å². The fourth-order valence-corrected chi connectivity index (χ4v) is 2.56. The number of carbonyl (C=O) groups excluding carboxylic acids is 3. The van der Waals surface area contributed by atoms with E-state index in [1.807, 2.05) is 51.1 Å². The molecule has 0 aliphatic rings. The summed E-state index contributed by atoms with van der Waals surface area (Å²) in [7, 11) is 1.71. The Labute approximate surface area is 177 Å². The number of nitrogens with zero attached hydrogens (tertiary/aromatic N) is 1. The quantitative estimate of drug-likeness (QED) is 0.648. The molecule has 0 heterocycles. The monoisotopic (exact) mass is 410 g/mol. The Balaban J connectivity index is 1.77. The molecular weight excluding hydrogens is 380 g/mol. The van der Waals surface area contributed by atoms with Gasteiger partial charge < -0.3 is 20.9 Å². The Morgan fingerprint density at radius 3 is 2.17 bits per heavy atom. The summed E-state index contributed by atoms with van der Waals surface area (Å²) in [5.74, 6) is -0.325. The van der Waals surface area contributed by atoms with Crippen LogP contribution in [-0.2, 0) is 16.1 Å². The number of amides is 4. The molecule has 7 nitrogen and oxygen atoms in total. The fourth-order valence-electron chi connectivity index (χ4n) is 2.56. The SMILES string of the molecule is CN(Cc1ccccc1)C(=O)NCCC(=O)Nc1cccc(NC(=O)C(C)(C)C)c1. The highest BCUT2D eigenvalue weighted by Crippen LogP contribution is 2.20. The lowest BCUT2D eigenvalue weighted by Gasteiger charge is -2.18. The van der Waals surface area contributed by atoms with Gasteiger partial charge >= 0.3 is 6.03 Å². The van der Waals surface area contributed by atoms with Crippen LogP contribution < -0.4 is 16.0 Å². The summed E-state index contributed by atoms with van der Waals surface area (Å²) in [6.45, 7) is 6.22. The molecule has 3 N–H and O–H groups in total. The molecule has 0 atom stereocenters. The van der Waals surface area contributed by atoms with Gasteiger partial charge in [0.25, 0.3) is 0 Å². The largest absolute Gasteiger partial charge is 0.337 e. The van der Waals surface area contributed by atoms with Crippen LogP contribution in [0.25, 0.3) is 0 Å². The number of hydrogen-bond acceptors (Lipinski definition) is 3. The van der Waals surface area contributed by atoms with E-state index >= 15 is 0 Å². The molecule has 4 amide bonds. The van der Waals surface area contributed by atoms with Gasteiger partial charge in [-0.25, -0.2) is 4.79 Å². The third-order valence-corrected chi connectivity index (χ3v) is 4.32. The summed E-state index contributed by atoms with van der Waals surface area (Å²) in [5.41, 5.74) is 1.72. The van der Waals surface area contributed by atoms with Gasteiger partial charge in [0.05, 0.1) is 0 Å². The molecule has 30 heavy (non-hydrogen) atoms. The first-order valence-electron chi connectivity index (χ1n) is 9.89. The topological polar surface area (TPSA) is 90.5 Å². The minimum atomic E-state index is -0.509. The first-order valence-corrected chi connectivity index (χ1v) is 9.89. The van der Waals surface area contributed by atoms with Crippen molar-refractivity contribution in [2.45, 2.75) is 33.7 Å². The molecule has 0 spiro atoms. The number of carbonyl (C=O) groups is 3. The van der Waals surface area contributed by atoms with Crippen molar-refractivity contribution in [2.75, 3.05) is 24.2 Å². The lowest BCUT2D eigenvalue weighted by Crippen LogP contribution is -2.38. The number of rotatable bonds is 7. The molecule has 2 rings (SSSR count). The van der Waals surface area contributed by atoms with Crippen molar-refractivity contribution in [1.29, 1.82) is 0 Å². The second-order valence-electron chi connectivity index (χ2n) is 8.16. The van der Waals surface area contributed by atoms with E-state index < -0.39 is 5.41 Å². The zero-order valence-corrected chi connectivity index (χ0v) is 18.0. The van der Waals surface area contributed by atoms with Gasteiger partial charge in [0.1, 0.15) is 0 Å². The fraction of sp³-hybridized carbons (Fsp3) is 0.348. The van der Waals surface area contributed by atoms with Gasteiger partial charge in [-0.05, 0) is 23.8 Å². The number of urea groups is 1. The lowest BCUT2D eigenvalue weighted by atomic mass is 9.95. The Kier molecular flexibility index (Phi) is 7.98. The van der Waals surface area contributed by atoms with Gasteiger partial charge in [-0.1, -0.05) is 57.2 Å². The molecule has 0 saturated carbocycles. The van der Waals surface area contributed by atoms with Crippen LogP contribution in [0.4, 0.5) is 16.2 Å². The Bertz CT molecular complexity index is 876. The Morgan fingerprint density at radius 2 is 1.53 bits per heavy atom. The van der Waals surface area contributed by atoms with Crippen LogP contribution in [0.2, 0.25) is 0 Å². The molecular formula is C23H30N4O3. The van der Waals surface area contributed by atoms with E-state index in [4.69, 9.17) is 0 Å². The second-order valence-corrected chi connectivity index (χ2v) is 8.16. The molecule has 0 aliphatic carbocycles. The van der Waals surface area contributed by atoms with Crippen molar-refractivity contribution >= 4 is 29.2 Å². The molecule has 0 unspecified atom stereocenters. The van der Waals surface area contributed by atoms with Gasteiger partial charge in [0.2, 0.25) is 11.8 Å². The summed E-state index contributed by atoms with van der Waals surface area (Å²) < 4.78 is 0. The summed E-state index contributed by atoms with van der Waals surface area (Å²) >= 11 is 0. The maximum atomic E-state index is 12.2. The first kappa shape index (κ1) is 22.9. The van der Waals surface area contributed by atoms with Gasteiger partial charge in [-0.3, -0.25) is 9.59 Å². The van der Waals surface area contributed by atoms with E-state index in [1.54, 1.807) is 36.2 Å². The molecule has 2 aromatic rings. The van der Waals surface area contributed by atoms with E-state index in [9.17, 15) is 14.4 Å². The van der Waals surface area contributed by atoms with Crippen LogP contribution in [0.15, 0.2) is 54.6 Å². The van der Waals surface area contributed by atoms with Crippen LogP contribution >= 0.6 is 0 Å². The summed E-state index contributed by atoms with van der Waals surface area (Å²) in [6, 6.07) is 16.4. The summed E-state index contributed by atoms with van der Waals surface area (Å²) in [5, 5.41) is 8.36. The van der Waals surface area contributed by atoms with Crippen LogP contribution in [0.5, 0.6) is 0 Å². The minimum absolute atomic E-state index is 0.103. The van der Waals surface area contributed by atoms with E-state index in [0.29, 0.717) is 17.9 Å². The average molecular weight is 411 g/mol. The summed E-state index contributed by atoms with van der Waals surface area (Å²) in [4.78, 5) is 38.0. The van der Waals surface area contributed by atoms with Crippen molar-refractivity contribution < 1.29 is 14.4 Å². The number of benzene rings is 2. The summed E-state index contributed by atoms with van der Waals surface area (Å²) in [6.07, 6.45) is 0.142. The molecule has 0 fully saturated rings. The molecule has 0 aliphatic heterocycles. The van der Waals surface area contributed by atoms with E-state index in [2.05, 4.69) is 16.0 Å². The number of anilines is 2. The highest BCUT2D eigenvalue weighted by molar-refractivity contribution is 5.96. The molecule has 0 aromatic heterocycles. The smallest absolute Gasteiger partial charge is 0.317 e. The number of nitrogens with one attached hydrogen (secondary N) is 3. The third-order valence-electron chi connectivity index (χ3n) is 4.32. The van der Waals surface area contributed by atoms with Crippen molar-refractivity contribution in [1.82, 2.24) is 10.2 Å². The second kappa shape index (κ2) is 10.4. The maximum absolute atomic E-state index is 12.2. The zero-order chi connectivity index (χ0) is 22.1. The molecule has 0 bridgehead atoms. The van der Waals surface area contributed by atoms with Gasteiger partial charge in [0.15, 0.2) is 0 Å². The molecule has 160 valence electrons. The predicted molar refractivity (Wildman–Crippen MR) is 119 cm³/mol. The number of hydrogen-bond donors (Lipinski definition) is 3. The maximum Gasteiger partial charge on any atom is 0.317 e. The molecule has 7 heteroatoms.